The first-order valence-corrected chi connectivity index (χ1v) is 31.2. The van der Waals surface area contributed by atoms with Crippen molar-refractivity contribution in [1.29, 1.82) is 0 Å². The average molecular weight is 982 g/mol. The summed E-state index contributed by atoms with van der Waals surface area (Å²) in [5.41, 5.74) is 0. The van der Waals surface area contributed by atoms with E-state index in [9.17, 15) is 19.4 Å². The molecular formula is C59H117N2O6P. The lowest BCUT2D eigenvalue weighted by Crippen LogP contribution is -2.45. The standard InChI is InChI=1S/C59H117N2O6P/c1-6-8-10-12-14-16-18-20-22-23-24-25-26-27-28-29-30-31-32-33-34-35-36-37-39-40-42-44-46-48-50-52-58(62)57(56-67-68(64,65)66-55-54-61(3,4)5)60-59(63)53-51-49-47-45-43-41-38-21-19-17-15-13-11-9-7-2/h21,38,50,52,57-58,62H,6-20,22-37,39-49,51,53-56H2,1-5H3,(H-,60,63,64,65)/b38-21-,52-50+. The number of carbonyl (C=O) groups is 1. The summed E-state index contributed by atoms with van der Waals surface area (Å²) >= 11 is 0. The molecule has 68 heavy (non-hydrogen) atoms. The smallest absolute Gasteiger partial charge is 0.268 e. The van der Waals surface area contributed by atoms with Gasteiger partial charge in [-0.1, -0.05) is 269 Å². The molecule has 8 nitrogen and oxygen atoms in total. The number of unbranched alkanes of at least 4 members (excludes halogenated alkanes) is 40. The number of aliphatic hydroxyl groups excluding tert-OH is 1. The van der Waals surface area contributed by atoms with Gasteiger partial charge in [-0.25, -0.2) is 0 Å². The van der Waals surface area contributed by atoms with Gasteiger partial charge in [0.1, 0.15) is 13.2 Å². The molecule has 0 bridgehead atoms. The van der Waals surface area contributed by atoms with Crippen LogP contribution < -0.4 is 10.2 Å². The molecule has 0 aromatic rings. The first-order valence-electron chi connectivity index (χ1n) is 29.7. The van der Waals surface area contributed by atoms with Gasteiger partial charge in [-0.15, -0.1) is 0 Å². The Labute approximate surface area is 424 Å². The first kappa shape index (κ1) is 67.0. The third kappa shape index (κ3) is 52.8. The molecule has 0 radical (unpaired) electrons. The highest BCUT2D eigenvalue weighted by Gasteiger charge is 2.23. The molecule has 404 valence electrons. The van der Waals surface area contributed by atoms with Gasteiger partial charge in [0.05, 0.1) is 39.9 Å². The molecule has 0 saturated carbocycles. The van der Waals surface area contributed by atoms with Crippen LogP contribution in [0, 0.1) is 0 Å². The van der Waals surface area contributed by atoms with E-state index in [1.807, 2.05) is 27.2 Å². The molecule has 0 fully saturated rings. The van der Waals surface area contributed by atoms with Crippen LogP contribution in [0.3, 0.4) is 0 Å². The maximum absolute atomic E-state index is 12.9. The number of rotatable bonds is 55. The zero-order valence-electron chi connectivity index (χ0n) is 46.1. The molecule has 0 heterocycles. The molecule has 0 aromatic carbocycles. The zero-order chi connectivity index (χ0) is 49.9. The lowest BCUT2D eigenvalue weighted by atomic mass is 10.0. The zero-order valence-corrected chi connectivity index (χ0v) is 47.0. The van der Waals surface area contributed by atoms with Gasteiger partial charge in [-0.3, -0.25) is 9.36 Å². The number of nitrogens with zero attached hydrogens (tertiary/aromatic N) is 1. The fraction of sp³-hybridized carbons (Fsp3) is 0.915. The van der Waals surface area contributed by atoms with Crippen molar-refractivity contribution in [3.8, 4) is 0 Å². The van der Waals surface area contributed by atoms with Crippen molar-refractivity contribution in [2.24, 2.45) is 0 Å². The Bertz CT molecular complexity index is 1160. The number of aliphatic hydroxyl groups is 1. The van der Waals surface area contributed by atoms with Crippen LogP contribution in [0.1, 0.15) is 296 Å². The summed E-state index contributed by atoms with van der Waals surface area (Å²) in [7, 11) is 1.27. The Hall–Kier alpha value is -1.02. The molecule has 3 atom stereocenters. The monoisotopic (exact) mass is 981 g/mol. The van der Waals surface area contributed by atoms with Crippen molar-refractivity contribution in [1.82, 2.24) is 5.32 Å². The molecule has 9 heteroatoms. The Morgan fingerprint density at radius 2 is 0.809 bits per heavy atom. The van der Waals surface area contributed by atoms with E-state index in [0.29, 0.717) is 17.4 Å². The highest BCUT2D eigenvalue weighted by molar-refractivity contribution is 7.45. The van der Waals surface area contributed by atoms with E-state index in [1.165, 1.54) is 225 Å². The number of allylic oxidation sites excluding steroid dienone is 3. The van der Waals surface area contributed by atoms with Gasteiger partial charge >= 0.3 is 0 Å². The number of phosphoric acid groups is 1. The normalized spacial score (nSPS) is 14.0. The number of carbonyl (C=O) groups excluding carboxylic acids is 1. The molecule has 0 rings (SSSR count). The Kier molecular flexibility index (Phi) is 50.1. The number of likely N-dealkylation sites (N-methyl/N-ethyl adjacent to an activating group) is 1. The van der Waals surface area contributed by atoms with Crippen LogP contribution >= 0.6 is 7.82 Å². The second-order valence-corrected chi connectivity index (χ2v) is 23.1. The highest BCUT2D eigenvalue weighted by Crippen LogP contribution is 2.38. The largest absolute Gasteiger partial charge is 0.756 e. The molecule has 1 amide bonds. The summed E-state index contributed by atoms with van der Waals surface area (Å²) in [5.74, 6) is -0.203. The Morgan fingerprint density at radius 3 is 1.15 bits per heavy atom. The number of hydrogen-bond donors (Lipinski definition) is 2. The molecule has 0 aliphatic rings. The molecule has 0 aliphatic carbocycles. The van der Waals surface area contributed by atoms with Crippen LogP contribution in [-0.2, 0) is 18.4 Å². The van der Waals surface area contributed by atoms with E-state index in [4.69, 9.17) is 9.05 Å². The molecule has 0 aromatic heterocycles. The van der Waals surface area contributed by atoms with E-state index in [2.05, 4.69) is 31.3 Å². The van der Waals surface area contributed by atoms with Crippen LogP contribution in [0.25, 0.3) is 0 Å². The SMILES string of the molecule is CCCCCCCC/C=C\CCCCCCCC(=O)NC(COP(=O)([O-])OCC[N+](C)(C)C)C(O)/C=C/CCCCCCCCCCCCCCCCCCCCCCCCCCCCCCC. The maximum Gasteiger partial charge on any atom is 0.268 e. The summed E-state index contributed by atoms with van der Waals surface area (Å²) in [6.45, 7) is 4.67. The number of hydrogen-bond acceptors (Lipinski definition) is 6. The minimum Gasteiger partial charge on any atom is -0.756 e. The van der Waals surface area contributed by atoms with Crippen LogP contribution in [0.5, 0.6) is 0 Å². The summed E-state index contributed by atoms with van der Waals surface area (Å²) in [6.07, 6.45) is 64.1. The summed E-state index contributed by atoms with van der Waals surface area (Å²) in [4.78, 5) is 25.4. The second kappa shape index (κ2) is 50.9. The molecule has 0 spiro atoms. The number of phosphoric ester groups is 1. The quantitative estimate of drug-likeness (QED) is 0.0272. The average Bonchev–Trinajstić information content (AvgIpc) is 3.30. The molecule has 2 N–H and O–H groups in total. The van der Waals surface area contributed by atoms with Crippen molar-refractivity contribution in [2.75, 3.05) is 40.9 Å². The summed E-state index contributed by atoms with van der Waals surface area (Å²) in [5, 5.41) is 13.9. The van der Waals surface area contributed by atoms with Crippen LogP contribution in [-0.4, -0.2) is 68.5 Å². The lowest BCUT2D eigenvalue weighted by molar-refractivity contribution is -0.870. The van der Waals surface area contributed by atoms with Crippen molar-refractivity contribution in [3.05, 3.63) is 24.3 Å². The topological polar surface area (TPSA) is 108 Å². The fourth-order valence-corrected chi connectivity index (χ4v) is 9.70. The van der Waals surface area contributed by atoms with Crippen molar-refractivity contribution in [2.45, 2.75) is 309 Å². The van der Waals surface area contributed by atoms with Crippen LogP contribution in [0.4, 0.5) is 0 Å². The highest BCUT2D eigenvalue weighted by atomic mass is 31.2. The van der Waals surface area contributed by atoms with Gasteiger partial charge in [-0.05, 0) is 44.9 Å². The summed E-state index contributed by atoms with van der Waals surface area (Å²) in [6, 6.07) is -0.889. The third-order valence-electron chi connectivity index (χ3n) is 13.7. The molecular weight excluding hydrogens is 864 g/mol. The van der Waals surface area contributed by atoms with Gasteiger partial charge in [0.2, 0.25) is 5.91 Å². The van der Waals surface area contributed by atoms with Gasteiger partial charge in [-0.2, -0.15) is 0 Å². The molecule has 0 aliphatic heterocycles. The third-order valence-corrected chi connectivity index (χ3v) is 14.6. The van der Waals surface area contributed by atoms with E-state index < -0.39 is 20.0 Å². The van der Waals surface area contributed by atoms with Gasteiger partial charge in [0.15, 0.2) is 0 Å². The van der Waals surface area contributed by atoms with E-state index in [0.717, 1.165) is 51.4 Å². The Balaban J connectivity index is 4.08. The fourth-order valence-electron chi connectivity index (χ4n) is 8.97. The van der Waals surface area contributed by atoms with Crippen molar-refractivity contribution in [3.63, 3.8) is 0 Å². The summed E-state index contributed by atoms with van der Waals surface area (Å²) < 4.78 is 23.3. The predicted octanol–water partition coefficient (Wildman–Crippen LogP) is 17.4. The minimum atomic E-state index is -4.60. The van der Waals surface area contributed by atoms with Crippen molar-refractivity contribution >= 4 is 13.7 Å². The van der Waals surface area contributed by atoms with Gasteiger partial charge in [0.25, 0.3) is 7.82 Å². The Morgan fingerprint density at radius 1 is 0.500 bits per heavy atom. The minimum absolute atomic E-state index is 0.00107. The second-order valence-electron chi connectivity index (χ2n) is 21.7. The maximum atomic E-state index is 12.9. The number of quaternary nitrogens is 1. The van der Waals surface area contributed by atoms with Crippen molar-refractivity contribution < 1.29 is 32.9 Å². The number of amides is 1. The predicted molar refractivity (Wildman–Crippen MR) is 293 cm³/mol. The lowest BCUT2D eigenvalue weighted by Gasteiger charge is -2.29. The van der Waals surface area contributed by atoms with E-state index in [-0.39, 0.29) is 19.1 Å². The van der Waals surface area contributed by atoms with Gasteiger partial charge < -0.3 is 28.8 Å². The van der Waals surface area contributed by atoms with E-state index in [1.54, 1.807) is 6.08 Å². The van der Waals surface area contributed by atoms with E-state index >= 15 is 0 Å². The number of nitrogens with one attached hydrogen (secondary N) is 1. The molecule has 0 saturated heterocycles. The van der Waals surface area contributed by atoms with Crippen LogP contribution in [0.2, 0.25) is 0 Å². The first-order chi connectivity index (χ1) is 33.0. The van der Waals surface area contributed by atoms with Crippen LogP contribution in [0.15, 0.2) is 24.3 Å². The molecule has 3 unspecified atom stereocenters. The van der Waals surface area contributed by atoms with Gasteiger partial charge in [0, 0.05) is 6.42 Å².